The van der Waals surface area contributed by atoms with Gasteiger partial charge in [-0.1, -0.05) is 15.9 Å². The Kier molecular flexibility index (Phi) is 4.15. The maximum Gasteiger partial charge on any atom is 0.137 e. The van der Waals surface area contributed by atoms with Gasteiger partial charge in [-0.25, -0.2) is 9.37 Å². The van der Waals surface area contributed by atoms with Crippen molar-refractivity contribution in [1.29, 1.82) is 0 Å². The first-order chi connectivity index (χ1) is 8.69. The monoisotopic (exact) mass is 310 g/mol. The Bertz CT molecular complexity index is 531. The van der Waals surface area contributed by atoms with Gasteiger partial charge in [-0.15, -0.1) is 0 Å². The number of anilines is 1. The second kappa shape index (κ2) is 5.82. The fourth-order valence-corrected chi connectivity index (χ4v) is 1.86. The van der Waals surface area contributed by atoms with E-state index in [0.29, 0.717) is 18.1 Å². The molecule has 2 rings (SSSR count). The van der Waals surface area contributed by atoms with Crippen LogP contribution in [0.3, 0.4) is 0 Å². The SMILES string of the molecule is COc1ccc(NCc2cc(F)ccc2Br)nc1. The molecular weight excluding hydrogens is 299 g/mol. The topological polar surface area (TPSA) is 34.1 Å². The van der Waals surface area contributed by atoms with E-state index in [1.807, 2.05) is 12.1 Å². The molecule has 0 saturated heterocycles. The Morgan fingerprint density at radius 2 is 2.17 bits per heavy atom. The maximum atomic E-state index is 13.1. The Morgan fingerprint density at radius 3 is 2.83 bits per heavy atom. The molecule has 0 atom stereocenters. The molecule has 94 valence electrons. The van der Waals surface area contributed by atoms with Crippen molar-refractivity contribution in [2.75, 3.05) is 12.4 Å². The van der Waals surface area contributed by atoms with E-state index < -0.39 is 0 Å². The van der Waals surface area contributed by atoms with Crippen molar-refractivity contribution in [3.8, 4) is 5.75 Å². The molecule has 0 bridgehead atoms. The van der Waals surface area contributed by atoms with Gasteiger partial charge in [0.2, 0.25) is 0 Å². The number of nitrogens with zero attached hydrogens (tertiary/aromatic N) is 1. The number of aromatic nitrogens is 1. The molecular formula is C13H12BrFN2O. The summed E-state index contributed by atoms with van der Waals surface area (Å²) >= 11 is 3.38. The number of nitrogens with one attached hydrogen (secondary N) is 1. The molecule has 0 aliphatic carbocycles. The minimum atomic E-state index is -0.252. The van der Waals surface area contributed by atoms with Gasteiger partial charge in [-0.3, -0.25) is 0 Å². The van der Waals surface area contributed by atoms with Crippen molar-refractivity contribution in [2.24, 2.45) is 0 Å². The van der Waals surface area contributed by atoms with Gasteiger partial charge < -0.3 is 10.1 Å². The standard InChI is InChI=1S/C13H12BrFN2O/c1-18-11-3-5-13(17-8-11)16-7-9-6-10(15)2-4-12(9)14/h2-6,8H,7H2,1H3,(H,16,17). The molecule has 0 fully saturated rings. The lowest BCUT2D eigenvalue weighted by Crippen LogP contribution is -2.02. The summed E-state index contributed by atoms with van der Waals surface area (Å²) in [5, 5.41) is 3.12. The zero-order chi connectivity index (χ0) is 13.0. The number of hydrogen-bond donors (Lipinski definition) is 1. The highest BCUT2D eigenvalue weighted by molar-refractivity contribution is 9.10. The number of methoxy groups -OCH3 is 1. The number of ether oxygens (including phenoxy) is 1. The number of benzene rings is 1. The molecule has 0 spiro atoms. The van der Waals surface area contributed by atoms with Crippen LogP contribution in [0, 0.1) is 5.82 Å². The third kappa shape index (κ3) is 3.20. The van der Waals surface area contributed by atoms with Crippen LogP contribution in [-0.4, -0.2) is 12.1 Å². The summed E-state index contributed by atoms with van der Waals surface area (Å²) < 4.78 is 19.0. The van der Waals surface area contributed by atoms with Gasteiger partial charge in [0.1, 0.15) is 17.4 Å². The van der Waals surface area contributed by atoms with E-state index in [4.69, 9.17) is 4.74 Å². The predicted molar refractivity (Wildman–Crippen MR) is 72.2 cm³/mol. The van der Waals surface area contributed by atoms with Gasteiger partial charge in [0.05, 0.1) is 13.3 Å². The summed E-state index contributed by atoms with van der Waals surface area (Å²) in [6.07, 6.45) is 1.63. The Labute approximate surface area is 113 Å². The average molecular weight is 311 g/mol. The van der Waals surface area contributed by atoms with Crippen LogP contribution in [-0.2, 0) is 6.54 Å². The predicted octanol–water partition coefficient (Wildman–Crippen LogP) is 3.60. The molecule has 1 N–H and O–H groups in total. The van der Waals surface area contributed by atoms with Crippen LogP contribution in [0.4, 0.5) is 10.2 Å². The smallest absolute Gasteiger partial charge is 0.137 e. The van der Waals surface area contributed by atoms with E-state index in [1.54, 1.807) is 19.4 Å². The number of halogens is 2. The van der Waals surface area contributed by atoms with Gasteiger partial charge in [-0.05, 0) is 35.9 Å². The molecule has 0 aliphatic rings. The Hall–Kier alpha value is -1.62. The van der Waals surface area contributed by atoms with Crippen molar-refractivity contribution in [3.63, 3.8) is 0 Å². The first kappa shape index (κ1) is 12.8. The van der Waals surface area contributed by atoms with Crippen LogP contribution in [0.1, 0.15) is 5.56 Å². The maximum absolute atomic E-state index is 13.1. The van der Waals surface area contributed by atoms with E-state index in [2.05, 4.69) is 26.2 Å². The lowest BCUT2D eigenvalue weighted by molar-refractivity contribution is 0.413. The van der Waals surface area contributed by atoms with Crippen molar-refractivity contribution in [1.82, 2.24) is 4.98 Å². The largest absolute Gasteiger partial charge is 0.495 e. The normalized spacial score (nSPS) is 10.2. The lowest BCUT2D eigenvalue weighted by Gasteiger charge is -2.08. The number of pyridine rings is 1. The van der Waals surface area contributed by atoms with Gasteiger partial charge in [0.15, 0.2) is 0 Å². The van der Waals surface area contributed by atoms with E-state index in [-0.39, 0.29) is 5.82 Å². The van der Waals surface area contributed by atoms with E-state index in [0.717, 1.165) is 10.0 Å². The third-order valence-corrected chi connectivity index (χ3v) is 3.21. The fraction of sp³-hybridized carbons (Fsp3) is 0.154. The highest BCUT2D eigenvalue weighted by atomic mass is 79.9. The molecule has 1 aromatic heterocycles. The van der Waals surface area contributed by atoms with Crippen LogP contribution in [0.15, 0.2) is 41.0 Å². The zero-order valence-corrected chi connectivity index (χ0v) is 11.4. The number of rotatable bonds is 4. The summed E-state index contributed by atoms with van der Waals surface area (Å²) in [5.41, 5.74) is 0.840. The van der Waals surface area contributed by atoms with Gasteiger partial charge in [-0.2, -0.15) is 0 Å². The van der Waals surface area contributed by atoms with Crippen LogP contribution >= 0.6 is 15.9 Å². The molecule has 18 heavy (non-hydrogen) atoms. The highest BCUT2D eigenvalue weighted by Gasteiger charge is 2.02. The second-order valence-electron chi connectivity index (χ2n) is 3.67. The van der Waals surface area contributed by atoms with E-state index in [1.165, 1.54) is 12.1 Å². The summed E-state index contributed by atoms with van der Waals surface area (Å²) in [6, 6.07) is 8.22. The molecule has 3 nitrogen and oxygen atoms in total. The first-order valence-electron chi connectivity index (χ1n) is 5.37. The highest BCUT2D eigenvalue weighted by Crippen LogP contribution is 2.19. The summed E-state index contributed by atoms with van der Waals surface area (Å²) in [4.78, 5) is 4.17. The summed E-state index contributed by atoms with van der Waals surface area (Å²) in [5.74, 6) is 1.16. The second-order valence-corrected chi connectivity index (χ2v) is 4.53. The molecule has 0 saturated carbocycles. The minimum absolute atomic E-state index is 0.252. The first-order valence-corrected chi connectivity index (χ1v) is 6.16. The molecule has 2 aromatic rings. The van der Waals surface area contributed by atoms with Crippen molar-refractivity contribution in [3.05, 3.63) is 52.4 Å². The molecule has 0 amide bonds. The number of hydrogen-bond acceptors (Lipinski definition) is 3. The van der Waals surface area contributed by atoms with Crippen molar-refractivity contribution >= 4 is 21.7 Å². The van der Waals surface area contributed by atoms with Gasteiger partial charge in [0, 0.05) is 11.0 Å². The lowest BCUT2D eigenvalue weighted by atomic mass is 10.2. The molecule has 0 unspecified atom stereocenters. The molecule has 1 aromatic carbocycles. The van der Waals surface area contributed by atoms with Crippen LogP contribution in [0.2, 0.25) is 0 Å². The van der Waals surface area contributed by atoms with Crippen LogP contribution in [0.25, 0.3) is 0 Å². The minimum Gasteiger partial charge on any atom is -0.495 e. The summed E-state index contributed by atoms with van der Waals surface area (Å²) in [7, 11) is 1.59. The molecule has 5 heteroatoms. The van der Waals surface area contributed by atoms with Crippen LogP contribution < -0.4 is 10.1 Å². The Balaban J connectivity index is 2.04. The van der Waals surface area contributed by atoms with Gasteiger partial charge in [0.25, 0.3) is 0 Å². The summed E-state index contributed by atoms with van der Waals surface area (Å²) in [6.45, 7) is 0.498. The van der Waals surface area contributed by atoms with Gasteiger partial charge >= 0.3 is 0 Å². The Morgan fingerprint density at radius 1 is 1.33 bits per heavy atom. The third-order valence-electron chi connectivity index (χ3n) is 2.44. The average Bonchev–Trinajstić information content (AvgIpc) is 2.40. The fourth-order valence-electron chi connectivity index (χ4n) is 1.47. The molecule has 1 heterocycles. The quantitative estimate of drug-likeness (QED) is 0.937. The zero-order valence-electron chi connectivity index (χ0n) is 9.78. The van der Waals surface area contributed by atoms with E-state index >= 15 is 0 Å². The van der Waals surface area contributed by atoms with Crippen molar-refractivity contribution in [2.45, 2.75) is 6.54 Å². The van der Waals surface area contributed by atoms with Crippen molar-refractivity contribution < 1.29 is 9.13 Å². The van der Waals surface area contributed by atoms with E-state index in [9.17, 15) is 4.39 Å². The van der Waals surface area contributed by atoms with Crippen LogP contribution in [0.5, 0.6) is 5.75 Å². The molecule has 0 aliphatic heterocycles. The molecule has 0 radical (unpaired) electrons.